The average Bonchev–Trinajstić information content (AvgIpc) is 3.39. The van der Waals surface area contributed by atoms with Crippen LogP contribution in [0.25, 0.3) is 5.76 Å². The lowest BCUT2D eigenvalue weighted by molar-refractivity contribution is -0.132. The zero-order valence-electron chi connectivity index (χ0n) is 20.3. The molecular weight excluding hydrogens is 496 g/mol. The number of nitrogens with zero attached hydrogens (tertiary/aromatic N) is 2. The van der Waals surface area contributed by atoms with Crippen molar-refractivity contribution < 1.29 is 34.1 Å². The summed E-state index contributed by atoms with van der Waals surface area (Å²) in [6.07, 6.45) is 1.43. The number of ketones is 1. The Morgan fingerprint density at radius 1 is 1.19 bits per heavy atom. The Kier molecular flexibility index (Phi) is 7.12. The summed E-state index contributed by atoms with van der Waals surface area (Å²) in [5, 5.41) is 21.2. The second kappa shape index (κ2) is 10.3. The number of thiazole rings is 1. The van der Waals surface area contributed by atoms with E-state index >= 15 is 0 Å². The normalized spacial score (nSPS) is 16.6. The molecule has 1 atom stereocenters. The molecule has 0 aliphatic carbocycles. The molecule has 2 aromatic carbocycles. The lowest BCUT2D eigenvalue weighted by Gasteiger charge is -2.23. The van der Waals surface area contributed by atoms with Gasteiger partial charge in [0.2, 0.25) is 0 Å². The van der Waals surface area contributed by atoms with Gasteiger partial charge in [0.1, 0.15) is 28.7 Å². The summed E-state index contributed by atoms with van der Waals surface area (Å²) in [5.41, 5.74) is 1.61. The van der Waals surface area contributed by atoms with E-state index in [4.69, 9.17) is 9.47 Å². The molecule has 4 rings (SSSR count). The van der Waals surface area contributed by atoms with Crippen LogP contribution in [-0.2, 0) is 14.3 Å². The van der Waals surface area contributed by atoms with Crippen molar-refractivity contribution in [2.45, 2.75) is 19.9 Å². The molecule has 1 fully saturated rings. The summed E-state index contributed by atoms with van der Waals surface area (Å²) < 4.78 is 10.3. The molecule has 0 saturated carbocycles. The molecule has 0 radical (unpaired) electrons. The van der Waals surface area contributed by atoms with Gasteiger partial charge < -0.3 is 19.7 Å². The number of phenolic OH excluding ortho intramolecular Hbond substituents is 1. The molecule has 1 amide bonds. The number of hydrogen-bond donors (Lipinski definition) is 2. The quantitative estimate of drug-likeness (QED) is 0.154. The second-order valence-corrected chi connectivity index (χ2v) is 9.22. The van der Waals surface area contributed by atoms with E-state index in [9.17, 15) is 24.6 Å². The lowest BCUT2D eigenvalue weighted by atomic mass is 9.94. The van der Waals surface area contributed by atoms with E-state index in [0.29, 0.717) is 28.1 Å². The molecule has 0 bridgehead atoms. The minimum atomic E-state index is -1.07. The Bertz CT molecular complexity index is 1440. The highest BCUT2D eigenvalue weighted by Gasteiger charge is 2.48. The summed E-state index contributed by atoms with van der Waals surface area (Å²) in [7, 11) is 1.52. The van der Waals surface area contributed by atoms with Crippen LogP contribution in [0.3, 0.4) is 0 Å². The first kappa shape index (κ1) is 25.6. The van der Waals surface area contributed by atoms with Gasteiger partial charge in [0.25, 0.3) is 5.78 Å². The maximum Gasteiger partial charge on any atom is 0.350 e. The number of phenols is 1. The number of rotatable bonds is 7. The summed E-state index contributed by atoms with van der Waals surface area (Å²) in [4.78, 5) is 44.9. The summed E-state index contributed by atoms with van der Waals surface area (Å²) in [5.74, 6) is -2.26. The van der Waals surface area contributed by atoms with Gasteiger partial charge in [-0.2, -0.15) is 0 Å². The standard InChI is InChI=1S/C27H24N2O7S/c1-5-12-36-26(34)24-15(3)28-27(37-24)29-21(16-6-8-17(30)9-7-16)20(23(32)25(29)33)22(31)19-11-10-18(35-4)13-14(19)2/h5-11,13,21,30-31H,1,12H2,2-4H3/b22-20+/t21-/m0/s1. The fourth-order valence-electron chi connectivity index (χ4n) is 4.05. The van der Waals surface area contributed by atoms with Crippen LogP contribution in [0.2, 0.25) is 0 Å². The number of aliphatic hydroxyl groups excluding tert-OH is 1. The second-order valence-electron chi connectivity index (χ2n) is 8.24. The molecule has 10 heteroatoms. The third-order valence-electron chi connectivity index (χ3n) is 5.85. The number of aromatic nitrogens is 1. The van der Waals surface area contributed by atoms with Crippen LogP contribution in [0.4, 0.5) is 5.13 Å². The number of aromatic hydroxyl groups is 1. The van der Waals surface area contributed by atoms with Crippen LogP contribution < -0.4 is 9.64 Å². The van der Waals surface area contributed by atoms with Crippen molar-refractivity contribution in [3.8, 4) is 11.5 Å². The molecule has 1 aliphatic heterocycles. The van der Waals surface area contributed by atoms with Crippen LogP contribution in [0.5, 0.6) is 11.5 Å². The fraction of sp³-hybridized carbons (Fsp3) is 0.185. The van der Waals surface area contributed by atoms with Crippen LogP contribution in [0.15, 0.2) is 60.7 Å². The third-order valence-corrected chi connectivity index (χ3v) is 6.99. The molecule has 0 spiro atoms. The molecule has 2 N–H and O–H groups in total. The van der Waals surface area contributed by atoms with Gasteiger partial charge in [0.05, 0.1) is 24.4 Å². The Hall–Kier alpha value is -4.44. The maximum atomic E-state index is 13.3. The highest BCUT2D eigenvalue weighted by molar-refractivity contribution is 7.17. The topological polar surface area (TPSA) is 126 Å². The van der Waals surface area contributed by atoms with Gasteiger partial charge in [-0.05, 0) is 55.3 Å². The highest BCUT2D eigenvalue weighted by atomic mass is 32.1. The first-order chi connectivity index (χ1) is 17.7. The smallest absolute Gasteiger partial charge is 0.350 e. The van der Waals surface area contributed by atoms with Gasteiger partial charge in [-0.3, -0.25) is 14.5 Å². The van der Waals surface area contributed by atoms with Crippen LogP contribution in [0, 0.1) is 13.8 Å². The van der Waals surface area contributed by atoms with Gasteiger partial charge in [-0.15, -0.1) is 0 Å². The minimum absolute atomic E-state index is 0.00470. The largest absolute Gasteiger partial charge is 0.508 e. The molecule has 0 unspecified atom stereocenters. The summed E-state index contributed by atoms with van der Waals surface area (Å²) in [6.45, 7) is 6.86. The number of ether oxygens (including phenoxy) is 2. The van der Waals surface area contributed by atoms with Crippen molar-refractivity contribution in [2.24, 2.45) is 0 Å². The van der Waals surface area contributed by atoms with E-state index in [0.717, 1.165) is 16.2 Å². The van der Waals surface area contributed by atoms with Crippen molar-refractivity contribution in [1.82, 2.24) is 4.98 Å². The van der Waals surface area contributed by atoms with Gasteiger partial charge in [-0.25, -0.2) is 9.78 Å². The first-order valence-corrected chi connectivity index (χ1v) is 12.0. The number of hydrogen-bond acceptors (Lipinski definition) is 9. The number of methoxy groups -OCH3 is 1. The maximum absolute atomic E-state index is 13.3. The van der Waals surface area contributed by atoms with E-state index in [1.807, 2.05) is 0 Å². The van der Waals surface area contributed by atoms with Gasteiger partial charge in [0.15, 0.2) is 5.13 Å². The number of esters is 1. The van der Waals surface area contributed by atoms with Crippen molar-refractivity contribution in [1.29, 1.82) is 0 Å². The molecule has 3 aromatic rings. The van der Waals surface area contributed by atoms with Gasteiger partial charge in [-0.1, -0.05) is 36.1 Å². The molecule has 2 heterocycles. The van der Waals surface area contributed by atoms with E-state index in [1.54, 1.807) is 44.2 Å². The number of Topliss-reactive ketones (excluding diaryl/α,β-unsaturated/α-hetero) is 1. The number of anilines is 1. The Balaban J connectivity index is 1.89. The van der Waals surface area contributed by atoms with Gasteiger partial charge in [0, 0.05) is 5.56 Å². The number of carbonyl (C=O) groups excluding carboxylic acids is 3. The summed E-state index contributed by atoms with van der Waals surface area (Å²) >= 11 is 0.903. The zero-order chi connectivity index (χ0) is 26.9. The zero-order valence-corrected chi connectivity index (χ0v) is 21.2. The van der Waals surface area contributed by atoms with Crippen molar-refractivity contribution in [3.05, 3.63) is 88.0 Å². The SMILES string of the molecule is C=CCOC(=O)c1sc(N2C(=O)C(=O)/C(=C(/O)c3ccc(OC)cc3C)[C@@H]2c2ccc(O)cc2)nc1C. The van der Waals surface area contributed by atoms with Crippen molar-refractivity contribution >= 4 is 39.9 Å². The average molecular weight is 521 g/mol. The monoisotopic (exact) mass is 520 g/mol. The molecule has 9 nitrogen and oxygen atoms in total. The van der Waals surface area contributed by atoms with E-state index in [1.165, 1.54) is 25.3 Å². The van der Waals surface area contributed by atoms with Gasteiger partial charge >= 0.3 is 11.9 Å². The number of aryl methyl sites for hydroxylation is 2. The number of benzene rings is 2. The van der Waals surface area contributed by atoms with E-state index in [-0.39, 0.29) is 33.7 Å². The van der Waals surface area contributed by atoms with Crippen LogP contribution in [0.1, 0.15) is 38.1 Å². The molecule has 190 valence electrons. The molecular formula is C27H24N2O7S. The van der Waals surface area contributed by atoms with E-state index < -0.39 is 23.7 Å². The Labute approximate surface area is 216 Å². The third kappa shape index (κ3) is 4.70. The predicted molar refractivity (Wildman–Crippen MR) is 138 cm³/mol. The number of carbonyl (C=O) groups is 3. The predicted octanol–water partition coefficient (Wildman–Crippen LogP) is 4.44. The van der Waals surface area contributed by atoms with Crippen molar-refractivity contribution in [3.63, 3.8) is 0 Å². The Morgan fingerprint density at radius 3 is 2.51 bits per heavy atom. The summed E-state index contributed by atoms with van der Waals surface area (Å²) in [6, 6.07) is 9.81. The molecule has 1 aliphatic rings. The highest BCUT2D eigenvalue weighted by Crippen LogP contribution is 2.44. The molecule has 1 saturated heterocycles. The fourth-order valence-corrected chi connectivity index (χ4v) is 5.04. The van der Waals surface area contributed by atoms with Crippen molar-refractivity contribution in [2.75, 3.05) is 18.6 Å². The molecule has 1 aromatic heterocycles. The molecule has 37 heavy (non-hydrogen) atoms. The Morgan fingerprint density at radius 2 is 1.89 bits per heavy atom. The van der Waals surface area contributed by atoms with Crippen LogP contribution in [-0.4, -0.2) is 46.6 Å². The van der Waals surface area contributed by atoms with Crippen LogP contribution >= 0.6 is 11.3 Å². The number of aliphatic hydroxyl groups is 1. The first-order valence-electron chi connectivity index (χ1n) is 11.2. The lowest BCUT2D eigenvalue weighted by Crippen LogP contribution is -2.29. The number of amides is 1. The minimum Gasteiger partial charge on any atom is -0.508 e. The van der Waals surface area contributed by atoms with E-state index in [2.05, 4.69) is 11.6 Å².